The third kappa shape index (κ3) is 1.48. The van der Waals surface area contributed by atoms with Gasteiger partial charge in [-0.3, -0.25) is 0 Å². The molecule has 1 aromatic carbocycles. The van der Waals surface area contributed by atoms with E-state index in [1.807, 2.05) is 18.2 Å². The number of aromatic nitrogens is 1. The number of quaternary nitrogens is 1. The zero-order valence-corrected chi connectivity index (χ0v) is 7.48. The molecule has 0 fully saturated rings. The fraction of sp³-hybridized carbons (Fsp3) is 0.0909. The first-order chi connectivity index (χ1) is 6.42. The van der Waals surface area contributed by atoms with Gasteiger partial charge in [-0.1, -0.05) is 18.2 Å². The van der Waals surface area contributed by atoms with Crippen molar-refractivity contribution in [2.24, 2.45) is 0 Å². The van der Waals surface area contributed by atoms with Gasteiger partial charge in [-0.2, -0.15) is 0 Å². The molecule has 0 bridgehead atoms. The smallest absolute Gasteiger partial charge is 0.102 e. The van der Waals surface area contributed by atoms with E-state index in [1.165, 1.54) is 11.3 Å². The number of benzene rings is 1. The molecule has 0 amide bonds. The van der Waals surface area contributed by atoms with Crippen molar-refractivity contribution in [2.45, 2.75) is 6.54 Å². The minimum absolute atomic E-state index is 0.828. The Labute approximate surface area is 77.6 Å². The molecule has 66 valence electrons. The summed E-state index contributed by atoms with van der Waals surface area (Å²) in [6, 6.07) is 12.4. The molecule has 2 aromatic rings. The van der Waals surface area contributed by atoms with E-state index in [4.69, 9.17) is 0 Å². The monoisotopic (exact) mass is 173 g/mol. The lowest BCUT2D eigenvalue weighted by molar-refractivity contribution is -0.386. The van der Waals surface area contributed by atoms with Crippen LogP contribution in [0.1, 0.15) is 5.56 Å². The van der Waals surface area contributed by atoms with Crippen molar-refractivity contribution < 1.29 is 5.73 Å². The molecule has 0 saturated carbocycles. The van der Waals surface area contributed by atoms with E-state index >= 15 is 0 Å². The second kappa shape index (κ2) is 3.46. The average molecular weight is 173 g/mol. The van der Waals surface area contributed by atoms with Crippen molar-refractivity contribution in [1.82, 2.24) is 4.57 Å². The number of hydrogen-bond donors (Lipinski definition) is 1. The zero-order chi connectivity index (χ0) is 9.10. The third-order valence-corrected chi connectivity index (χ3v) is 2.14. The first kappa shape index (κ1) is 8.08. The second-order valence-corrected chi connectivity index (χ2v) is 2.97. The maximum atomic E-state index is 3.91. The van der Waals surface area contributed by atoms with Gasteiger partial charge in [0, 0.05) is 18.0 Å². The topological polar surface area (TPSA) is 32.6 Å². The van der Waals surface area contributed by atoms with Gasteiger partial charge in [-0.25, -0.2) is 0 Å². The number of rotatable bonds is 2. The molecule has 0 aliphatic rings. The van der Waals surface area contributed by atoms with Gasteiger partial charge >= 0.3 is 0 Å². The highest BCUT2D eigenvalue weighted by Crippen LogP contribution is 2.12. The van der Waals surface area contributed by atoms with Crippen molar-refractivity contribution >= 4 is 0 Å². The Bertz CT molecular complexity index is 377. The van der Waals surface area contributed by atoms with E-state index in [0.717, 1.165) is 6.54 Å². The molecule has 13 heavy (non-hydrogen) atoms. The van der Waals surface area contributed by atoms with Gasteiger partial charge in [0.25, 0.3) is 0 Å². The molecule has 1 aromatic heterocycles. The minimum atomic E-state index is 0.828. The molecule has 3 N–H and O–H groups in total. The van der Waals surface area contributed by atoms with Crippen LogP contribution in [-0.4, -0.2) is 4.57 Å². The number of nitrogens with zero attached hydrogens (tertiary/aromatic N) is 1. The van der Waals surface area contributed by atoms with Gasteiger partial charge in [0.1, 0.15) is 6.54 Å². The Hall–Kier alpha value is -1.54. The lowest BCUT2D eigenvalue weighted by atomic mass is 10.2. The quantitative estimate of drug-likeness (QED) is 0.708. The first-order valence-corrected chi connectivity index (χ1v) is 4.42. The van der Waals surface area contributed by atoms with Gasteiger partial charge in [0.05, 0.1) is 5.69 Å². The Kier molecular flexibility index (Phi) is 2.15. The van der Waals surface area contributed by atoms with Crippen LogP contribution in [0.15, 0.2) is 48.8 Å². The summed E-state index contributed by atoms with van der Waals surface area (Å²) in [4.78, 5) is 0. The van der Waals surface area contributed by atoms with Crippen LogP contribution in [0.3, 0.4) is 0 Å². The highest BCUT2D eigenvalue weighted by atomic mass is 14.9. The lowest BCUT2D eigenvalue weighted by Gasteiger charge is -2.06. The van der Waals surface area contributed by atoms with Crippen LogP contribution in [0.25, 0.3) is 5.69 Å². The molecule has 0 radical (unpaired) electrons. The maximum Gasteiger partial charge on any atom is 0.102 e. The normalized spacial score (nSPS) is 10.2. The maximum absolute atomic E-state index is 3.91. The van der Waals surface area contributed by atoms with Crippen molar-refractivity contribution in [2.75, 3.05) is 0 Å². The van der Waals surface area contributed by atoms with Gasteiger partial charge in [0.2, 0.25) is 0 Å². The van der Waals surface area contributed by atoms with Crippen LogP contribution in [0.4, 0.5) is 0 Å². The molecule has 0 unspecified atom stereocenters. The Balaban J connectivity index is 2.51. The molecule has 2 heteroatoms. The van der Waals surface area contributed by atoms with Crippen LogP contribution < -0.4 is 5.73 Å². The Morgan fingerprint density at radius 2 is 1.69 bits per heavy atom. The van der Waals surface area contributed by atoms with E-state index in [0.29, 0.717) is 0 Å². The summed E-state index contributed by atoms with van der Waals surface area (Å²) in [6.07, 6.45) is 4.10. The summed E-state index contributed by atoms with van der Waals surface area (Å²) in [5, 5.41) is 0. The third-order valence-electron chi connectivity index (χ3n) is 2.14. The highest BCUT2D eigenvalue weighted by molar-refractivity contribution is 5.40. The molecule has 0 atom stereocenters. The highest BCUT2D eigenvalue weighted by Gasteiger charge is 2.01. The Morgan fingerprint density at radius 3 is 2.38 bits per heavy atom. The molecular weight excluding hydrogens is 160 g/mol. The summed E-state index contributed by atoms with van der Waals surface area (Å²) in [7, 11) is 0. The van der Waals surface area contributed by atoms with Gasteiger partial charge in [0.15, 0.2) is 0 Å². The predicted octanol–water partition coefficient (Wildman–Crippen LogP) is 1.22. The summed E-state index contributed by atoms with van der Waals surface area (Å²) in [5.41, 5.74) is 6.41. The molecular formula is C11H13N2+. The lowest BCUT2D eigenvalue weighted by Crippen LogP contribution is -2.47. The standard InChI is InChI=1S/C11H12N2/c12-9-10-5-1-2-6-11(10)13-7-3-4-8-13/h1-8H,9,12H2/p+1. The van der Waals surface area contributed by atoms with Crippen molar-refractivity contribution in [3.63, 3.8) is 0 Å². The first-order valence-electron chi connectivity index (χ1n) is 4.42. The van der Waals surface area contributed by atoms with Crippen LogP contribution in [0, 0.1) is 0 Å². The number of hydrogen-bond acceptors (Lipinski definition) is 0. The van der Waals surface area contributed by atoms with Crippen LogP contribution >= 0.6 is 0 Å². The second-order valence-electron chi connectivity index (χ2n) is 2.97. The van der Waals surface area contributed by atoms with Gasteiger partial charge in [-0.05, 0) is 18.2 Å². The summed E-state index contributed by atoms with van der Waals surface area (Å²) >= 11 is 0. The van der Waals surface area contributed by atoms with Gasteiger partial charge in [-0.15, -0.1) is 0 Å². The van der Waals surface area contributed by atoms with E-state index < -0.39 is 0 Å². The average Bonchev–Trinajstić information content (AvgIpc) is 2.70. The van der Waals surface area contributed by atoms with E-state index in [1.54, 1.807) is 0 Å². The molecule has 0 spiro atoms. The fourth-order valence-electron chi connectivity index (χ4n) is 1.47. The van der Waals surface area contributed by atoms with E-state index in [2.05, 4.69) is 40.9 Å². The van der Waals surface area contributed by atoms with Crippen LogP contribution in [0.5, 0.6) is 0 Å². The minimum Gasteiger partial charge on any atom is -0.354 e. The Morgan fingerprint density at radius 1 is 1.00 bits per heavy atom. The van der Waals surface area contributed by atoms with E-state index in [-0.39, 0.29) is 0 Å². The predicted molar refractivity (Wildman–Crippen MR) is 52.4 cm³/mol. The molecule has 2 nitrogen and oxygen atoms in total. The molecule has 0 aliphatic carbocycles. The van der Waals surface area contributed by atoms with Crippen molar-refractivity contribution in [3.8, 4) is 5.69 Å². The van der Waals surface area contributed by atoms with Crippen molar-refractivity contribution in [1.29, 1.82) is 0 Å². The summed E-state index contributed by atoms with van der Waals surface area (Å²) < 4.78 is 2.11. The molecule has 0 aliphatic heterocycles. The molecule has 1 heterocycles. The van der Waals surface area contributed by atoms with Crippen LogP contribution in [-0.2, 0) is 6.54 Å². The van der Waals surface area contributed by atoms with E-state index in [9.17, 15) is 0 Å². The van der Waals surface area contributed by atoms with Gasteiger partial charge < -0.3 is 10.3 Å². The molecule has 2 rings (SSSR count). The van der Waals surface area contributed by atoms with Crippen LogP contribution in [0.2, 0.25) is 0 Å². The largest absolute Gasteiger partial charge is 0.354 e. The molecule has 0 saturated heterocycles. The van der Waals surface area contributed by atoms with Crippen molar-refractivity contribution in [3.05, 3.63) is 54.4 Å². The fourth-order valence-corrected chi connectivity index (χ4v) is 1.47. The summed E-state index contributed by atoms with van der Waals surface area (Å²) in [6.45, 7) is 0.828. The zero-order valence-electron chi connectivity index (χ0n) is 7.48. The number of para-hydroxylation sites is 1. The summed E-state index contributed by atoms with van der Waals surface area (Å²) in [5.74, 6) is 0. The SMILES string of the molecule is [NH3+]Cc1ccccc1-n1cccc1.